The van der Waals surface area contributed by atoms with Gasteiger partial charge >= 0.3 is 12.1 Å². The number of carbonyl (C=O) groups excluding carboxylic acids is 2. The highest BCUT2D eigenvalue weighted by Gasteiger charge is 2.46. The molecule has 2 N–H and O–H groups in total. The Bertz CT molecular complexity index is 1820. The third-order valence-corrected chi connectivity index (χ3v) is 12.5. The standard InChI is InChI=1S/C31H33FN3O7PS2/c1-3-31(39)19-8-23-27-17(10-35(23)28(36)18(19)11-41-29(31)37)26-21(5-4-16-14(2)20(32)9-22(33-27)25(16)26)34-30(38)42-24-12-40-7-6-15(24)13-44-45-43/h8-9,15,21,24,39H,3-7,10-13,43H2,1-2H3,(H,34,38)/t15-,21+,24+,31+/m1/s1. The zero-order chi connectivity index (χ0) is 31.6. The number of aryl methyl sites for hydroxylation is 1. The van der Waals surface area contributed by atoms with Gasteiger partial charge < -0.3 is 29.2 Å². The largest absolute Gasteiger partial charge is 0.458 e. The highest BCUT2D eigenvalue weighted by Crippen LogP contribution is 2.46. The molecule has 14 heteroatoms. The van der Waals surface area contributed by atoms with Crippen LogP contribution in [0.15, 0.2) is 16.9 Å². The first kappa shape index (κ1) is 30.9. The fraction of sp³-hybridized carbons (Fsp3) is 0.484. The summed E-state index contributed by atoms with van der Waals surface area (Å²) in [4.78, 5) is 44.7. The van der Waals surface area contributed by atoms with Gasteiger partial charge in [-0.1, -0.05) is 36.6 Å². The molecule has 3 aliphatic heterocycles. The Morgan fingerprint density at radius 2 is 2.11 bits per heavy atom. The Hall–Kier alpha value is -2.70. The number of aliphatic hydroxyl groups is 1. The quantitative estimate of drug-likeness (QED) is 0.167. The van der Waals surface area contributed by atoms with Crippen molar-refractivity contribution in [3.05, 3.63) is 61.7 Å². The molecule has 1 fully saturated rings. The molecule has 3 aromatic rings. The van der Waals surface area contributed by atoms with E-state index >= 15 is 4.39 Å². The van der Waals surface area contributed by atoms with E-state index in [4.69, 9.17) is 19.2 Å². The maximum Gasteiger partial charge on any atom is 0.407 e. The molecule has 7 rings (SSSR count). The number of alkyl carbamates (subject to hydrolysis) is 1. The van der Waals surface area contributed by atoms with Gasteiger partial charge in [0.15, 0.2) is 5.60 Å². The lowest BCUT2D eigenvalue weighted by molar-refractivity contribution is -0.172. The zero-order valence-corrected chi connectivity index (χ0v) is 27.6. The molecular weight excluding hydrogens is 640 g/mol. The molecule has 1 saturated heterocycles. The first-order valence-corrected chi connectivity index (χ1v) is 18.8. The van der Waals surface area contributed by atoms with E-state index in [1.54, 1.807) is 45.7 Å². The van der Waals surface area contributed by atoms with Crippen LogP contribution in [-0.4, -0.2) is 51.8 Å². The minimum absolute atomic E-state index is 0.0226. The lowest BCUT2D eigenvalue weighted by atomic mass is 9.81. The molecule has 1 unspecified atom stereocenters. The van der Waals surface area contributed by atoms with Crippen LogP contribution < -0.4 is 10.9 Å². The van der Waals surface area contributed by atoms with Gasteiger partial charge in [0.2, 0.25) is 0 Å². The van der Waals surface area contributed by atoms with Crippen LogP contribution in [0.4, 0.5) is 9.18 Å². The lowest BCUT2D eigenvalue weighted by Crippen LogP contribution is -2.44. The molecule has 238 valence electrons. The molecule has 0 radical (unpaired) electrons. The van der Waals surface area contributed by atoms with Crippen molar-refractivity contribution >= 4 is 52.6 Å². The van der Waals surface area contributed by atoms with Crippen LogP contribution in [0.25, 0.3) is 22.3 Å². The van der Waals surface area contributed by atoms with Gasteiger partial charge in [-0.25, -0.2) is 19.0 Å². The lowest BCUT2D eigenvalue weighted by Gasteiger charge is -2.33. The number of aromatic nitrogens is 2. The van der Waals surface area contributed by atoms with Crippen molar-refractivity contribution in [1.82, 2.24) is 14.9 Å². The number of fused-ring (bicyclic) bond motifs is 5. The molecule has 1 aromatic carbocycles. The number of rotatable bonds is 6. The summed E-state index contributed by atoms with van der Waals surface area (Å²) < 4.78 is 33.5. The van der Waals surface area contributed by atoms with Gasteiger partial charge in [0, 0.05) is 40.9 Å². The average molecular weight is 674 g/mol. The second-order valence-corrected chi connectivity index (χ2v) is 15.8. The molecule has 4 aliphatic rings. The summed E-state index contributed by atoms with van der Waals surface area (Å²) in [6, 6.07) is 2.55. The summed E-state index contributed by atoms with van der Waals surface area (Å²) in [6.45, 7) is 4.28. The Labute approximate surface area is 268 Å². The number of benzene rings is 1. The Kier molecular flexibility index (Phi) is 8.13. The smallest absolute Gasteiger partial charge is 0.407 e. The maximum atomic E-state index is 15.2. The number of amides is 1. The summed E-state index contributed by atoms with van der Waals surface area (Å²) in [7, 11) is 5.91. The first-order chi connectivity index (χ1) is 21.7. The second-order valence-electron chi connectivity index (χ2n) is 12.0. The fourth-order valence-electron chi connectivity index (χ4n) is 7.22. The molecule has 1 aliphatic carbocycles. The zero-order valence-electron chi connectivity index (χ0n) is 24.8. The molecule has 45 heavy (non-hydrogen) atoms. The van der Waals surface area contributed by atoms with Crippen molar-refractivity contribution in [2.24, 2.45) is 5.92 Å². The van der Waals surface area contributed by atoms with E-state index in [2.05, 4.69) is 13.8 Å². The highest BCUT2D eigenvalue weighted by molar-refractivity contribution is 8.94. The van der Waals surface area contributed by atoms with Crippen LogP contribution >= 0.6 is 29.6 Å². The van der Waals surface area contributed by atoms with Crippen molar-refractivity contribution < 1.29 is 33.3 Å². The van der Waals surface area contributed by atoms with E-state index in [1.807, 2.05) is 0 Å². The normalized spacial score (nSPS) is 24.9. The van der Waals surface area contributed by atoms with Crippen LogP contribution in [0.2, 0.25) is 0 Å². The van der Waals surface area contributed by atoms with E-state index in [0.29, 0.717) is 48.5 Å². The number of hydrogen-bond acceptors (Lipinski definition) is 10. The van der Waals surface area contributed by atoms with Crippen molar-refractivity contribution in [3.8, 4) is 11.4 Å². The van der Waals surface area contributed by atoms with E-state index in [-0.39, 0.29) is 54.1 Å². The monoisotopic (exact) mass is 673 g/mol. The third-order valence-electron chi connectivity index (χ3n) is 9.72. The van der Waals surface area contributed by atoms with Crippen molar-refractivity contribution in [2.45, 2.75) is 70.4 Å². The summed E-state index contributed by atoms with van der Waals surface area (Å²) in [6.07, 6.45) is 0.917. The Morgan fingerprint density at radius 3 is 2.89 bits per heavy atom. The number of carbonyl (C=O) groups is 2. The summed E-state index contributed by atoms with van der Waals surface area (Å²) in [5.74, 6) is -0.183. The molecular formula is C31H33FN3O7PS2. The number of nitrogens with one attached hydrogen (secondary N) is 1. The number of halogens is 1. The molecule has 1 amide bonds. The molecule has 5 heterocycles. The topological polar surface area (TPSA) is 129 Å². The predicted molar refractivity (Wildman–Crippen MR) is 172 cm³/mol. The minimum atomic E-state index is -1.96. The van der Waals surface area contributed by atoms with Crippen LogP contribution in [0, 0.1) is 18.7 Å². The van der Waals surface area contributed by atoms with Crippen molar-refractivity contribution in [1.29, 1.82) is 0 Å². The van der Waals surface area contributed by atoms with Crippen LogP contribution in [0.3, 0.4) is 0 Å². The molecule has 10 nitrogen and oxygen atoms in total. The number of esters is 1. The van der Waals surface area contributed by atoms with Gasteiger partial charge in [0.05, 0.1) is 41.7 Å². The second kappa shape index (κ2) is 11.8. The van der Waals surface area contributed by atoms with Gasteiger partial charge in [-0.3, -0.25) is 4.79 Å². The third kappa shape index (κ3) is 4.97. The van der Waals surface area contributed by atoms with Gasteiger partial charge in [-0.05, 0) is 55.4 Å². The van der Waals surface area contributed by atoms with Gasteiger partial charge in [0.25, 0.3) is 5.56 Å². The molecule has 2 aromatic heterocycles. The van der Waals surface area contributed by atoms with E-state index in [1.165, 1.54) is 6.07 Å². The van der Waals surface area contributed by atoms with Gasteiger partial charge in [-0.15, -0.1) is 0 Å². The van der Waals surface area contributed by atoms with Gasteiger partial charge in [0.1, 0.15) is 18.5 Å². The summed E-state index contributed by atoms with van der Waals surface area (Å²) in [5, 5.41) is 15.1. The minimum Gasteiger partial charge on any atom is -0.458 e. The number of pyridine rings is 2. The average Bonchev–Trinajstić information content (AvgIpc) is 3.40. The first-order valence-electron chi connectivity index (χ1n) is 15.0. The van der Waals surface area contributed by atoms with Crippen LogP contribution in [-0.2, 0) is 44.2 Å². The van der Waals surface area contributed by atoms with E-state index < -0.39 is 23.7 Å². The molecule has 0 saturated carbocycles. The molecule has 5 atom stereocenters. The summed E-state index contributed by atoms with van der Waals surface area (Å²) >= 11 is 0. The molecule has 0 spiro atoms. The van der Waals surface area contributed by atoms with E-state index in [9.17, 15) is 19.5 Å². The Morgan fingerprint density at radius 1 is 1.29 bits per heavy atom. The summed E-state index contributed by atoms with van der Waals surface area (Å²) in [5.41, 5.74) is 2.25. The number of cyclic esters (lactones) is 1. The molecule has 0 bridgehead atoms. The fourth-order valence-corrected chi connectivity index (χ4v) is 9.32. The van der Waals surface area contributed by atoms with Crippen molar-refractivity contribution in [2.75, 3.05) is 19.0 Å². The van der Waals surface area contributed by atoms with Gasteiger partial charge in [-0.2, -0.15) is 0 Å². The predicted octanol–water partition coefficient (Wildman–Crippen LogP) is 4.82. The highest BCUT2D eigenvalue weighted by atomic mass is 33.3. The number of ether oxygens (including phenoxy) is 3. The number of hydrogen-bond donors (Lipinski definition) is 2. The van der Waals surface area contributed by atoms with Crippen molar-refractivity contribution in [3.63, 3.8) is 0 Å². The van der Waals surface area contributed by atoms with Crippen LogP contribution in [0.5, 0.6) is 0 Å². The van der Waals surface area contributed by atoms with E-state index in [0.717, 1.165) is 34.3 Å². The number of nitrogens with zero attached hydrogens (tertiary/aromatic N) is 2. The SMILES string of the molecule is CC[C@@]1(O)C(=O)OCc2c1cc1n(c2=O)Cc2c-1nc1cc(F)c(C)c3c1c2[C@@H](NC(=O)O[C@H]1COCC[C@@H]1CSSP)CC3. The maximum absolute atomic E-state index is 15.2. The van der Waals surface area contributed by atoms with Crippen LogP contribution in [0.1, 0.15) is 65.6 Å². The Balaban J connectivity index is 1.32.